The molecule has 1 aliphatic rings. The number of rotatable bonds is 6. The molecule has 1 aromatic heterocycles. The number of aromatic nitrogens is 2. The van der Waals surface area contributed by atoms with Crippen LogP contribution in [0.4, 0.5) is 5.69 Å². The van der Waals surface area contributed by atoms with Gasteiger partial charge in [-0.25, -0.2) is 9.97 Å². The van der Waals surface area contributed by atoms with Crippen molar-refractivity contribution in [2.75, 3.05) is 45.3 Å². The van der Waals surface area contributed by atoms with Gasteiger partial charge in [0, 0.05) is 32.4 Å². The van der Waals surface area contributed by atoms with Gasteiger partial charge >= 0.3 is 0 Å². The van der Waals surface area contributed by atoms with Crippen LogP contribution in [0.2, 0.25) is 0 Å². The third kappa shape index (κ3) is 5.19. The molecule has 0 saturated carbocycles. The summed E-state index contributed by atoms with van der Waals surface area (Å²) in [5, 5.41) is 0.858. The molecular weight excluding hydrogens is 392 g/mol. The summed E-state index contributed by atoms with van der Waals surface area (Å²) in [6.07, 6.45) is 4.74. The molecule has 7 heteroatoms. The van der Waals surface area contributed by atoms with E-state index in [1.807, 2.05) is 73.6 Å². The molecule has 1 atom stereocenters. The molecule has 0 radical (unpaired) electrons. The minimum atomic E-state index is -0.209. The first-order chi connectivity index (χ1) is 15.1. The number of fused-ring (bicyclic) bond motifs is 1. The smallest absolute Gasteiger partial charge is 0.246 e. The SMILES string of the molecule is CN(C)c1ccc(/C=C/C(=O)N2CCOC(COc3ncnc4ccccc34)C2)cc1. The van der Waals surface area contributed by atoms with Gasteiger partial charge in [0.05, 0.1) is 24.1 Å². The molecule has 31 heavy (non-hydrogen) atoms. The molecule has 0 N–H and O–H groups in total. The first-order valence-electron chi connectivity index (χ1n) is 10.3. The molecule has 2 aromatic carbocycles. The lowest BCUT2D eigenvalue weighted by Gasteiger charge is -2.32. The predicted molar refractivity (Wildman–Crippen MR) is 121 cm³/mol. The largest absolute Gasteiger partial charge is 0.474 e. The maximum absolute atomic E-state index is 12.7. The third-order valence-electron chi connectivity index (χ3n) is 5.19. The van der Waals surface area contributed by atoms with Crippen LogP contribution in [0.3, 0.4) is 0 Å². The highest BCUT2D eigenvalue weighted by Gasteiger charge is 2.24. The number of hydrogen-bond donors (Lipinski definition) is 0. The van der Waals surface area contributed by atoms with E-state index in [9.17, 15) is 4.79 Å². The van der Waals surface area contributed by atoms with Gasteiger partial charge in [0.15, 0.2) is 0 Å². The number of amides is 1. The Labute approximate surface area is 181 Å². The second-order valence-corrected chi connectivity index (χ2v) is 7.60. The summed E-state index contributed by atoms with van der Waals surface area (Å²) >= 11 is 0. The average Bonchev–Trinajstić information content (AvgIpc) is 2.81. The number of ether oxygens (including phenoxy) is 2. The first kappa shape index (κ1) is 20.8. The molecule has 1 fully saturated rings. The first-order valence-corrected chi connectivity index (χ1v) is 10.3. The molecule has 0 spiro atoms. The van der Waals surface area contributed by atoms with Crippen molar-refractivity contribution in [3.63, 3.8) is 0 Å². The van der Waals surface area contributed by atoms with Crippen molar-refractivity contribution < 1.29 is 14.3 Å². The van der Waals surface area contributed by atoms with Gasteiger partial charge in [0.1, 0.15) is 19.0 Å². The number of para-hydroxylation sites is 1. The molecule has 2 heterocycles. The summed E-state index contributed by atoms with van der Waals surface area (Å²) in [6.45, 7) is 1.84. The highest BCUT2D eigenvalue weighted by molar-refractivity contribution is 5.92. The fraction of sp³-hybridized carbons (Fsp3) is 0.292. The van der Waals surface area contributed by atoms with E-state index < -0.39 is 0 Å². The Balaban J connectivity index is 1.34. The van der Waals surface area contributed by atoms with Gasteiger partial charge < -0.3 is 19.3 Å². The second-order valence-electron chi connectivity index (χ2n) is 7.60. The molecule has 1 amide bonds. The summed E-state index contributed by atoms with van der Waals surface area (Å²) in [4.78, 5) is 25.0. The number of carbonyl (C=O) groups is 1. The Bertz CT molecular complexity index is 1060. The van der Waals surface area contributed by atoms with E-state index in [0.29, 0.717) is 32.2 Å². The third-order valence-corrected chi connectivity index (χ3v) is 5.19. The monoisotopic (exact) mass is 418 g/mol. The zero-order valence-corrected chi connectivity index (χ0v) is 17.8. The average molecular weight is 418 g/mol. The van der Waals surface area contributed by atoms with E-state index in [1.165, 1.54) is 6.33 Å². The van der Waals surface area contributed by atoms with Crippen LogP contribution in [-0.2, 0) is 9.53 Å². The zero-order valence-electron chi connectivity index (χ0n) is 17.8. The molecule has 3 aromatic rings. The second kappa shape index (κ2) is 9.57. The van der Waals surface area contributed by atoms with E-state index in [0.717, 1.165) is 22.2 Å². The van der Waals surface area contributed by atoms with Gasteiger partial charge in [-0.2, -0.15) is 0 Å². The quantitative estimate of drug-likeness (QED) is 0.574. The number of hydrogen-bond acceptors (Lipinski definition) is 6. The van der Waals surface area contributed by atoms with E-state index >= 15 is 0 Å². The molecule has 160 valence electrons. The molecule has 0 bridgehead atoms. The van der Waals surface area contributed by atoms with E-state index in [2.05, 4.69) is 9.97 Å². The van der Waals surface area contributed by atoms with Gasteiger partial charge in [-0.1, -0.05) is 24.3 Å². The Kier molecular flexibility index (Phi) is 6.43. The summed E-state index contributed by atoms with van der Waals surface area (Å²) in [6, 6.07) is 15.8. The fourth-order valence-corrected chi connectivity index (χ4v) is 3.44. The Hall–Kier alpha value is -3.45. The maximum atomic E-state index is 12.7. The topological polar surface area (TPSA) is 67.8 Å². The molecule has 1 unspecified atom stereocenters. The molecule has 1 aliphatic heterocycles. The number of carbonyl (C=O) groups excluding carboxylic acids is 1. The minimum absolute atomic E-state index is 0.0301. The normalized spacial score (nSPS) is 16.6. The van der Waals surface area contributed by atoms with Crippen LogP contribution in [0, 0.1) is 0 Å². The maximum Gasteiger partial charge on any atom is 0.246 e. The lowest BCUT2D eigenvalue weighted by Crippen LogP contribution is -2.47. The number of benzene rings is 2. The van der Waals surface area contributed by atoms with Crippen LogP contribution in [0.1, 0.15) is 5.56 Å². The van der Waals surface area contributed by atoms with Crippen molar-refractivity contribution in [2.45, 2.75) is 6.10 Å². The highest BCUT2D eigenvalue weighted by Crippen LogP contribution is 2.21. The van der Waals surface area contributed by atoms with Crippen molar-refractivity contribution in [1.29, 1.82) is 0 Å². The fourth-order valence-electron chi connectivity index (χ4n) is 3.44. The van der Waals surface area contributed by atoms with Gasteiger partial charge in [-0.05, 0) is 35.9 Å². The molecule has 7 nitrogen and oxygen atoms in total. The van der Waals surface area contributed by atoms with Crippen LogP contribution in [0.5, 0.6) is 5.88 Å². The lowest BCUT2D eigenvalue weighted by molar-refractivity contribution is -0.134. The molecule has 1 saturated heterocycles. The van der Waals surface area contributed by atoms with Crippen LogP contribution < -0.4 is 9.64 Å². The number of morpholine rings is 1. The van der Waals surface area contributed by atoms with Crippen molar-refractivity contribution in [3.05, 3.63) is 66.5 Å². The van der Waals surface area contributed by atoms with Crippen molar-refractivity contribution in [3.8, 4) is 5.88 Å². The van der Waals surface area contributed by atoms with E-state index in [1.54, 1.807) is 11.0 Å². The van der Waals surface area contributed by atoms with Crippen LogP contribution in [0.15, 0.2) is 60.9 Å². The standard InChI is InChI=1S/C24H26N4O3/c1-27(2)19-10-7-18(8-11-19)9-12-23(29)28-13-14-30-20(15-28)16-31-24-21-5-3-4-6-22(21)25-17-26-24/h3-12,17,20H,13-16H2,1-2H3/b12-9+. The predicted octanol–water partition coefficient (Wildman–Crippen LogP) is 3.02. The summed E-state index contributed by atoms with van der Waals surface area (Å²) < 4.78 is 11.7. The molecule has 4 rings (SSSR count). The van der Waals surface area contributed by atoms with Crippen molar-refractivity contribution >= 4 is 28.6 Å². The van der Waals surface area contributed by atoms with Gasteiger partial charge in [-0.15, -0.1) is 0 Å². The van der Waals surface area contributed by atoms with Gasteiger partial charge in [0.2, 0.25) is 11.8 Å². The van der Waals surface area contributed by atoms with Crippen molar-refractivity contribution in [1.82, 2.24) is 14.9 Å². The van der Waals surface area contributed by atoms with Gasteiger partial charge in [-0.3, -0.25) is 4.79 Å². The van der Waals surface area contributed by atoms with E-state index in [4.69, 9.17) is 9.47 Å². The Morgan fingerprint density at radius 3 is 2.81 bits per heavy atom. The van der Waals surface area contributed by atoms with Crippen molar-refractivity contribution in [2.24, 2.45) is 0 Å². The number of nitrogens with zero attached hydrogens (tertiary/aromatic N) is 4. The number of anilines is 1. The molecular formula is C24H26N4O3. The van der Waals surface area contributed by atoms with E-state index in [-0.39, 0.29) is 12.0 Å². The molecule has 0 aliphatic carbocycles. The highest BCUT2D eigenvalue weighted by atomic mass is 16.5. The summed E-state index contributed by atoms with van der Waals surface area (Å²) in [7, 11) is 4.00. The summed E-state index contributed by atoms with van der Waals surface area (Å²) in [5.74, 6) is 0.496. The van der Waals surface area contributed by atoms with Crippen LogP contribution in [-0.4, -0.2) is 67.3 Å². The van der Waals surface area contributed by atoms with Gasteiger partial charge in [0.25, 0.3) is 0 Å². The lowest BCUT2D eigenvalue weighted by atomic mass is 10.2. The summed E-state index contributed by atoms with van der Waals surface area (Å²) in [5.41, 5.74) is 2.94. The van der Waals surface area contributed by atoms with Crippen LogP contribution >= 0.6 is 0 Å². The zero-order chi connectivity index (χ0) is 21.6. The minimum Gasteiger partial charge on any atom is -0.474 e. The Morgan fingerprint density at radius 2 is 2.00 bits per heavy atom. The van der Waals surface area contributed by atoms with Crippen LogP contribution in [0.25, 0.3) is 17.0 Å². The Morgan fingerprint density at radius 1 is 1.19 bits per heavy atom.